The van der Waals surface area contributed by atoms with Crippen LogP contribution in [-0.2, 0) is 22.3 Å². The van der Waals surface area contributed by atoms with Crippen molar-refractivity contribution in [3.63, 3.8) is 0 Å². The first-order valence-corrected chi connectivity index (χ1v) is 11.5. The van der Waals surface area contributed by atoms with Crippen molar-refractivity contribution >= 4 is 27.7 Å². The Balaban J connectivity index is 1.74. The fraction of sp³-hybridized carbons (Fsp3) is 0.250. The van der Waals surface area contributed by atoms with E-state index in [0.717, 1.165) is 15.8 Å². The molecule has 1 aromatic carbocycles. The molecule has 0 radical (unpaired) electrons. The third-order valence-corrected chi connectivity index (χ3v) is 7.17. The fourth-order valence-corrected chi connectivity index (χ4v) is 4.66. The number of pyridine rings is 1. The number of carbonyl (C=O) groups is 1. The summed E-state index contributed by atoms with van der Waals surface area (Å²) in [5.41, 5.74) is 1.68. The van der Waals surface area contributed by atoms with E-state index < -0.39 is 10.0 Å². The van der Waals surface area contributed by atoms with E-state index in [4.69, 9.17) is 4.52 Å². The lowest BCUT2D eigenvalue weighted by atomic mass is 10.2. The van der Waals surface area contributed by atoms with Crippen LogP contribution in [0.15, 0.2) is 63.1 Å². The summed E-state index contributed by atoms with van der Waals surface area (Å²) in [6.45, 7) is 1.89. The minimum Gasteiger partial charge on any atom is -0.361 e. The number of amides is 1. The number of aromatic nitrogens is 2. The van der Waals surface area contributed by atoms with Gasteiger partial charge >= 0.3 is 0 Å². The van der Waals surface area contributed by atoms with Crippen LogP contribution < -0.4 is 5.32 Å². The average molecular weight is 447 g/mol. The van der Waals surface area contributed by atoms with Crippen molar-refractivity contribution in [2.75, 3.05) is 14.1 Å². The van der Waals surface area contributed by atoms with Crippen LogP contribution in [0.5, 0.6) is 0 Å². The molecule has 158 valence electrons. The smallest absolute Gasteiger partial charge is 0.254 e. The molecule has 0 aliphatic rings. The zero-order valence-corrected chi connectivity index (χ0v) is 18.5. The lowest BCUT2D eigenvalue weighted by molar-refractivity contribution is 0.0947. The molecule has 0 saturated carbocycles. The Hall–Kier alpha value is -2.69. The van der Waals surface area contributed by atoms with Crippen LogP contribution in [0.3, 0.4) is 0 Å². The Bertz CT molecular complexity index is 1140. The quantitative estimate of drug-likeness (QED) is 0.530. The van der Waals surface area contributed by atoms with E-state index in [1.54, 1.807) is 36.5 Å². The standard InChI is InChI=1S/C20H22N4O4S2/c1-14-11-16(23-28-14)13-29-20-17(8-6-10-21-20)19(25)22-12-15-7-4-5-9-18(15)30(26,27)24(2)3/h4-11H,12-13H2,1-3H3,(H,22,25). The predicted molar refractivity (Wildman–Crippen MR) is 114 cm³/mol. The lowest BCUT2D eigenvalue weighted by Gasteiger charge is -2.15. The maximum atomic E-state index is 12.8. The largest absolute Gasteiger partial charge is 0.361 e. The van der Waals surface area contributed by atoms with Gasteiger partial charge in [-0.2, -0.15) is 0 Å². The van der Waals surface area contributed by atoms with Crippen molar-refractivity contribution in [3.05, 3.63) is 71.2 Å². The molecule has 1 amide bonds. The second-order valence-electron chi connectivity index (χ2n) is 6.65. The molecule has 0 aliphatic heterocycles. The Kier molecular flexibility index (Phi) is 6.91. The highest BCUT2D eigenvalue weighted by molar-refractivity contribution is 7.98. The van der Waals surface area contributed by atoms with Gasteiger partial charge in [0.2, 0.25) is 10.0 Å². The molecule has 1 N–H and O–H groups in total. The van der Waals surface area contributed by atoms with E-state index in [1.807, 2.05) is 13.0 Å². The maximum absolute atomic E-state index is 12.8. The minimum atomic E-state index is -3.62. The van der Waals surface area contributed by atoms with Gasteiger partial charge in [-0.3, -0.25) is 4.79 Å². The molecule has 0 fully saturated rings. The molecule has 0 bridgehead atoms. The van der Waals surface area contributed by atoms with Crippen LogP contribution in [0, 0.1) is 6.92 Å². The Labute approximate surface area is 179 Å². The van der Waals surface area contributed by atoms with Gasteiger partial charge in [0.1, 0.15) is 10.8 Å². The number of benzene rings is 1. The van der Waals surface area contributed by atoms with E-state index >= 15 is 0 Å². The molecule has 10 heteroatoms. The monoisotopic (exact) mass is 446 g/mol. The van der Waals surface area contributed by atoms with Crippen molar-refractivity contribution in [2.24, 2.45) is 0 Å². The van der Waals surface area contributed by atoms with Gasteiger partial charge in [0, 0.05) is 38.7 Å². The number of thioether (sulfide) groups is 1. The van der Waals surface area contributed by atoms with Crippen LogP contribution >= 0.6 is 11.8 Å². The summed E-state index contributed by atoms with van der Waals surface area (Å²) in [6.07, 6.45) is 1.62. The summed E-state index contributed by atoms with van der Waals surface area (Å²) >= 11 is 1.38. The van der Waals surface area contributed by atoms with Gasteiger partial charge in [-0.1, -0.05) is 35.1 Å². The Morgan fingerprint density at radius 3 is 2.67 bits per heavy atom. The molecule has 2 aromatic heterocycles. The Morgan fingerprint density at radius 1 is 1.20 bits per heavy atom. The molecular weight excluding hydrogens is 424 g/mol. The van der Waals surface area contributed by atoms with Crippen molar-refractivity contribution in [1.82, 2.24) is 19.8 Å². The number of aryl methyl sites for hydroxylation is 1. The molecule has 3 aromatic rings. The zero-order valence-electron chi connectivity index (χ0n) is 16.8. The van der Waals surface area contributed by atoms with Gasteiger partial charge in [0.25, 0.3) is 5.91 Å². The van der Waals surface area contributed by atoms with Gasteiger partial charge in [-0.15, -0.1) is 0 Å². The summed E-state index contributed by atoms with van der Waals surface area (Å²) in [6, 6.07) is 11.8. The van der Waals surface area contributed by atoms with Crippen molar-refractivity contribution in [1.29, 1.82) is 0 Å². The minimum absolute atomic E-state index is 0.0730. The van der Waals surface area contributed by atoms with Gasteiger partial charge in [0.05, 0.1) is 16.2 Å². The van der Waals surface area contributed by atoms with E-state index in [-0.39, 0.29) is 17.3 Å². The van der Waals surface area contributed by atoms with Crippen LogP contribution in [-0.4, -0.2) is 42.9 Å². The number of hydrogen-bond donors (Lipinski definition) is 1. The summed E-state index contributed by atoms with van der Waals surface area (Å²) in [7, 11) is -0.671. The van der Waals surface area contributed by atoms with E-state index in [2.05, 4.69) is 15.5 Å². The number of nitrogens with one attached hydrogen (secondary N) is 1. The van der Waals surface area contributed by atoms with Crippen LogP contribution in [0.25, 0.3) is 0 Å². The molecule has 0 unspecified atom stereocenters. The van der Waals surface area contributed by atoms with Crippen LogP contribution in [0.1, 0.15) is 27.4 Å². The molecule has 0 aliphatic carbocycles. The SMILES string of the molecule is Cc1cc(CSc2ncccc2C(=O)NCc2ccccc2S(=O)(=O)N(C)C)no1. The number of rotatable bonds is 8. The third kappa shape index (κ3) is 5.07. The van der Waals surface area contributed by atoms with Gasteiger partial charge in [0.15, 0.2) is 0 Å². The van der Waals surface area contributed by atoms with E-state index in [1.165, 1.54) is 31.9 Å². The number of sulfonamides is 1. The van der Waals surface area contributed by atoms with Gasteiger partial charge < -0.3 is 9.84 Å². The highest BCUT2D eigenvalue weighted by atomic mass is 32.2. The Morgan fingerprint density at radius 2 is 1.97 bits per heavy atom. The molecule has 0 saturated heterocycles. The molecule has 2 heterocycles. The summed E-state index contributed by atoms with van der Waals surface area (Å²) < 4.78 is 31.3. The molecular formula is C20H22N4O4S2. The topological polar surface area (TPSA) is 105 Å². The summed E-state index contributed by atoms with van der Waals surface area (Å²) in [5.74, 6) is 0.897. The van der Waals surface area contributed by atoms with E-state index in [9.17, 15) is 13.2 Å². The van der Waals surface area contributed by atoms with Crippen molar-refractivity contribution < 1.29 is 17.7 Å². The van der Waals surface area contributed by atoms with Crippen LogP contribution in [0.4, 0.5) is 0 Å². The van der Waals surface area contributed by atoms with Crippen molar-refractivity contribution in [2.45, 2.75) is 29.1 Å². The second kappa shape index (κ2) is 9.41. The van der Waals surface area contributed by atoms with E-state index in [0.29, 0.717) is 21.9 Å². The van der Waals surface area contributed by atoms with Crippen LogP contribution in [0.2, 0.25) is 0 Å². The number of carbonyl (C=O) groups excluding carboxylic acids is 1. The first-order chi connectivity index (χ1) is 14.3. The maximum Gasteiger partial charge on any atom is 0.254 e. The molecule has 0 spiro atoms. The molecule has 0 atom stereocenters. The predicted octanol–water partition coefficient (Wildman–Crippen LogP) is 2.85. The molecule has 8 nitrogen and oxygen atoms in total. The number of nitrogens with zero attached hydrogens (tertiary/aromatic N) is 3. The van der Waals surface area contributed by atoms with Crippen molar-refractivity contribution in [3.8, 4) is 0 Å². The van der Waals surface area contributed by atoms with Gasteiger partial charge in [-0.05, 0) is 30.7 Å². The summed E-state index contributed by atoms with van der Waals surface area (Å²) in [4.78, 5) is 17.3. The average Bonchev–Trinajstić information content (AvgIpc) is 3.16. The normalized spacial score (nSPS) is 11.6. The highest BCUT2D eigenvalue weighted by Gasteiger charge is 2.21. The second-order valence-corrected chi connectivity index (χ2v) is 9.74. The van der Waals surface area contributed by atoms with Gasteiger partial charge in [-0.25, -0.2) is 17.7 Å². The first-order valence-electron chi connectivity index (χ1n) is 9.07. The number of hydrogen-bond acceptors (Lipinski definition) is 7. The highest BCUT2D eigenvalue weighted by Crippen LogP contribution is 2.24. The molecule has 3 rings (SSSR count). The molecule has 30 heavy (non-hydrogen) atoms. The first kappa shape index (κ1) is 22.0. The summed E-state index contributed by atoms with van der Waals surface area (Å²) in [5, 5.41) is 7.30. The zero-order chi connectivity index (χ0) is 21.7. The third-order valence-electron chi connectivity index (χ3n) is 4.22. The fourth-order valence-electron chi connectivity index (χ4n) is 2.68. The lowest BCUT2D eigenvalue weighted by Crippen LogP contribution is -2.27.